The fourth-order valence-corrected chi connectivity index (χ4v) is 4.15. The van der Waals surface area contributed by atoms with E-state index >= 15 is 0 Å². The van der Waals surface area contributed by atoms with Crippen molar-refractivity contribution in [2.24, 2.45) is 0 Å². The summed E-state index contributed by atoms with van der Waals surface area (Å²) < 4.78 is 40.5. The van der Waals surface area contributed by atoms with E-state index in [0.29, 0.717) is 0 Å². The third-order valence-electron chi connectivity index (χ3n) is 5.62. The molecule has 5 rings (SSSR count). The molecule has 0 unspecified atom stereocenters. The van der Waals surface area contributed by atoms with Gasteiger partial charge in [-0.2, -0.15) is 0 Å². The molecule has 0 amide bonds. The summed E-state index contributed by atoms with van der Waals surface area (Å²) in [5.41, 5.74) is 5.03. The molecule has 0 spiro atoms. The zero-order valence-electron chi connectivity index (χ0n) is 18.9. The van der Waals surface area contributed by atoms with Gasteiger partial charge in [0.2, 0.25) is 0 Å². The lowest BCUT2D eigenvalue weighted by atomic mass is 9.86. The molecule has 2 aromatic rings. The summed E-state index contributed by atoms with van der Waals surface area (Å²) in [5.74, 6) is 3.70. The second-order valence-electron chi connectivity index (χ2n) is 8.10. The number of halogens is 1. The topological polar surface area (TPSA) is 153 Å². The molecule has 35 heavy (non-hydrogen) atoms. The van der Waals surface area contributed by atoms with Crippen LogP contribution in [0.25, 0.3) is 0 Å². The molecule has 182 valence electrons. The zero-order chi connectivity index (χ0) is 24.7. The Labute approximate surface area is 205 Å². The number of hydrogen-bond acceptors (Lipinski definition) is 8. The number of allylic oxidation sites excluding steroid dienone is 5. The number of nitrogens with one attached hydrogen (secondary N) is 2. The van der Waals surface area contributed by atoms with Gasteiger partial charge in [0, 0.05) is 29.6 Å². The summed E-state index contributed by atoms with van der Waals surface area (Å²) in [4.78, 5) is 12.0. The molecular weight excluding hydrogens is 472 g/mol. The molecule has 1 aliphatic heterocycles. The maximum atomic E-state index is 8.49. The number of pyridine rings is 2. The lowest BCUT2D eigenvalue weighted by Gasteiger charge is -2.31. The minimum absolute atomic E-state index is 0.843. The highest BCUT2D eigenvalue weighted by molar-refractivity contribution is 5.77. The van der Waals surface area contributed by atoms with Crippen molar-refractivity contribution >= 4 is 17.9 Å². The van der Waals surface area contributed by atoms with Crippen molar-refractivity contribution in [2.75, 3.05) is 5.32 Å². The highest BCUT2D eigenvalue weighted by Gasteiger charge is 2.29. The molecule has 0 aromatic carbocycles. The maximum absolute atomic E-state index is 8.49. The van der Waals surface area contributed by atoms with Crippen LogP contribution in [0.5, 0.6) is 0 Å². The molecule has 0 radical (unpaired) electrons. The zero-order valence-corrected chi connectivity index (χ0v) is 19.7. The number of aromatic nitrogens is 2. The van der Waals surface area contributed by atoms with Gasteiger partial charge in [-0.1, -0.05) is 17.1 Å². The lowest BCUT2D eigenvalue weighted by molar-refractivity contribution is -2.00. The predicted molar refractivity (Wildman–Crippen MR) is 118 cm³/mol. The third kappa shape index (κ3) is 7.32. The van der Waals surface area contributed by atoms with Crippen molar-refractivity contribution in [3.05, 3.63) is 94.9 Å². The Balaban J connectivity index is 0.000000527. The Bertz CT molecular complexity index is 1180. The van der Waals surface area contributed by atoms with Crippen LogP contribution >= 0.6 is 0 Å². The van der Waals surface area contributed by atoms with E-state index in [1.165, 1.54) is 22.3 Å². The highest BCUT2D eigenvalue weighted by Crippen LogP contribution is 2.42. The summed E-state index contributed by atoms with van der Waals surface area (Å²) in [6.45, 7) is 0. The Hall–Kier alpha value is -3.34. The molecule has 0 atom stereocenters. The van der Waals surface area contributed by atoms with Crippen molar-refractivity contribution in [3.63, 3.8) is 0 Å². The molecule has 2 aliphatic carbocycles. The van der Waals surface area contributed by atoms with Gasteiger partial charge in [-0.15, -0.1) is 10.2 Å². The second kappa shape index (κ2) is 11.4. The van der Waals surface area contributed by atoms with E-state index in [0.717, 1.165) is 61.7 Å². The van der Waals surface area contributed by atoms with Crippen LogP contribution < -0.4 is 28.9 Å². The van der Waals surface area contributed by atoms with Crippen LogP contribution in [0.2, 0.25) is 0 Å². The predicted octanol–water partition coefficient (Wildman–Crippen LogP) is -0.668. The maximum Gasteiger partial charge on any atom is 0.320 e. The minimum Gasteiger partial charge on any atom is -0.456 e. The van der Waals surface area contributed by atoms with Gasteiger partial charge < -0.3 is 10.1 Å². The van der Waals surface area contributed by atoms with Gasteiger partial charge in [-0.25, -0.2) is 28.6 Å². The highest BCUT2D eigenvalue weighted by atomic mass is 35.7. The van der Waals surface area contributed by atoms with E-state index in [4.69, 9.17) is 23.4 Å². The van der Waals surface area contributed by atoms with E-state index in [1.54, 1.807) is 12.4 Å². The van der Waals surface area contributed by atoms with Gasteiger partial charge in [-0.05, 0) is 73.9 Å². The standard InChI is InChI=1S/C25H24N4O.ClHO4/c1-3-13-26-22(11-1)28-16-20-9-5-7-18-15-19-8-6-10-21(25(19)30-24(18)20)17-29-23-12-2-4-14-27-23;2-1(3,4)5/h1-4,11-17H,5-10H2,(H,26,28);(H,2,3,4,5)/b20-16+,29-17-;. The SMILES string of the molecule is C1=C2CCCC(/C=[NH+]\c3ccccn3)=C2OC2=C1CCC/C2=C\Nc1ccccn1.[O-][Cl+3]([O-])([O-])[O-]. The molecule has 9 nitrogen and oxygen atoms in total. The first-order chi connectivity index (χ1) is 16.9. The molecule has 0 bridgehead atoms. The fourth-order valence-electron chi connectivity index (χ4n) is 4.15. The molecular formula is C25H25ClN4O5. The molecule has 0 saturated heterocycles. The van der Waals surface area contributed by atoms with Crippen LogP contribution in [-0.4, -0.2) is 16.2 Å². The van der Waals surface area contributed by atoms with Crippen molar-refractivity contribution < 1.29 is 38.6 Å². The van der Waals surface area contributed by atoms with E-state index in [-0.39, 0.29) is 0 Å². The van der Waals surface area contributed by atoms with Crippen molar-refractivity contribution in [2.45, 2.75) is 38.5 Å². The third-order valence-corrected chi connectivity index (χ3v) is 5.62. The second-order valence-corrected chi connectivity index (χ2v) is 8.85. The van der Waals surface area contributed by atoms with Gasteiger partial charge in [0.25, 0.3) is 0 Å². The van der Waals surface area contributed by atoms with Gasteiger partial charge >= 0.3 is 5.82 Å². The monoisotopic (exact) mass is 496 g/mol. The first kappa shape index (κ1) is 24.8. The lowest BCUT2D eigenvalue weighted by Crippen LogP contribution is -2.68. The van der Waals surface area contributed by atoms with Gasteiger partial charge in [0.05, 0.1) is 6.21 Å². The normalized spacial score (nSPS) is 18.9. The number of fused-ring (bicyclic) bond motifs is 1. The van der Waals surface area contributed by atoms with Crippen LogP contribution in [0.1, 0.15) is 38.5 Å². The first-order valence-corrected chi connectivity index (χ1v) is 12.4. The molecule has 0 fully saturated rings. The number of nitrogens with zero attached hydrogens (tertiary/aromatic N) is 2. The minimum atomic E-state index is -4.94. The molecule has 2 N–H and O–H groups in total. The summed E-state index contributed by atoms with van der Waals surface area (Å²) in [6.07, 6.45) is 16.5. The van der Waals surface area contributed by atoms with E-state index < -0.39 is 10.2 Å². The van der Waals surface area contributed by atoms with E-state index in [1.807, 2.05) is 36.4 Å². The van der Waals surface area contributed by atoms with Gasteiger partial charge in [0.15, 0.2) is 0 Å². The summed E-state index contributed by atoms with van der Waals surface area (Å²) in [7, 11) is -4.94. The van der Waals surface area contributed by atoms with Crippen molar-refractivity contribution in [3.8, 4) is 0 Å². The quantitative estimate of drug-likeness (QED) is 0.528. The molecule has 2 aromatic heterocycles. The van der Waals surface area contributed by atoms with Crippen molar-refractivity contribution in [1.29, 1.82) is 0 Å². The fraction of sp³-hybridized carbons (Fsp3) is 0.240. The average molecular weight is 497 g/mol. The Kier molecular flexibility index (Phi) is 8.06. The van der Waals surface area contributed by atoms with Crippen molar-refractivity contribution in [1.82, 2.24) is 9.97 Å². The molecule has 3 heterocycles. The Morgan fingerprint density at radius 3 is 2.34 bits per heavy atom. The Morgan fingerprint density at radius 1 is 0.886 bits per heavy atom. The summed E-state index contributed by atoms with van der Waals surface area (Å²) in [6, 6.07) is 11.7. The average Bonchev–Trinajstić information content (AvgIpc) is 2.85. The number of ether oxygens (including phenoxy) is 1. The van der Waals surface area contributed by atoms with Gasteiger partial charge in [-0.3, -0.25) is 0 Å². The Morgan fingerprint density at radius 2 is 1.63 bits per heavy atom. The molecule has 10 heteroatoms. The number of anilines is 1. The van der Waals surface area contributed by atoms with Crippen LogP contribution in [-0.2, 0) is 4.74 Å². The smallest absolute Gasteiger partial charge is 0.320 e. The van der Waals surface area contributed by atoms with E-state index in [9.17, 15) is 0 Å². The molecule has 0 saturated carbocycles. The first-order valence-electron chi connectivity index (χ1n) is 11.2. The largest absolute Gasteiger partial charge is 0.456 e. The summed E-state index contributed by atoms with van der Waals surface area (Å²) in [5, 5.41) is 3.32. The number of rotatable bonds is 4. The van der Waals surface area contributed by atoms with Crippen LogP contribution in [0.15, 0.2) is 94.9 Å². The van der Waals surface area contributed by atoms with Crippen LogP contribution in [0.4, 0.5) is 11.6 Å². The van der Waals surface area contributed by atoms with E-state index in [2.05, 4.69) is 38.8 Å². The number of hydrogen-bond donors (Lipinski definition) is 2. The van der Waals surface area contributed by atoms with Gasteiger partial charge in [0.1, 0.15) is 23.5 Å². The van der Waals surface area contributed by atoms with Crippen LogP contribution in [0.3, 0.4) is 0 Å². The summed E-state index contributed by atoms with van der Waals surface area (Å²) >= 11 is 0. The molecule has 3 aliphatic rings. The van der Waals surface area contributed by atoms with Crippen LogP contribution in [0, 0.1) is 10.2 Å².